The van der Waals surface area contributed by atoms with E-state index in [-0.39, 0.29) is 17.8 Å². The van der Waals surface area contributed by atoms with Crippen LogP contribution in [-0.2, 0) is 10.0 Å². The summed E-state index contributed by atoms with van der Waals surface area (Å²) >= 11 is 5.26. The first kappa shape index (κ1) is 16.8. The zero-order chi connectivity index (χ0) is 15.5. The lowest BCUT2D eigenvalue weighted by Gasteiger charge is -2.36. The summed E-state index contributed by atoms with van der Waals surface area (Å²) in [6, 6.07) is 0. The molecule has 1 fully saturated rings. The van der Waals surface area contributed by atoms with Gasteiger partial charge in [0.1, 0.15) is 6.17 Å². The van der Waals surface area contributed by atoms with Crippen LogP contribution in [0.25, 0.3) is 0 Å². The number of azo groups is 1. The van der Waals surface area contributed by atoms with Crippen LogP contribution < -0.4 is 0 Å². The van der Waals surface area contributed by atoms with Crippen LogP contribution >= 0.6 is 12.2 Å². The molecule has 1 saturated heterocycles. The maximum absolute atomic E-state index is 12.1. The Morgan fingerprint density at radius 3 is 2.81 bits per heavy atom. The first-order valence-electron chi connectivity index (χ1n) is 7.69. The molecule has 0 aromatic heterocycles. The maximum Gasteiger partial charge on any atom is 0.217 e. The van der Waals surface area contributed by atoms with Gasteiger partial charge in [-0.2, -0.15) is 5.11 Å². The molecule has 0 spiro atoms. The third kappa shape index (κ3) is 3.78. The van der Waals surface area contributed by atoms with Gasteiger partial charge in [0.25, 0.3) is 0 Å². The van der Waals surface area contributed by atoms with Crippen molar-refractivity contribution in [3.05, 3.63) is 0 Å². The van der Waals surface area contributed by atoms with Gasteiger partial charge in [0, 0.05) is 25.6 Å². The minimum atomic E-state index is -3.12. The van der Waals surface area contributed by atoms with Crippen molar-refractivity contribution in [2.75, 3.05) is 25.4 Å². The SMILES string of the molecule is CCCCN1C(=S)N=NC1C1CCCN(S(=O)(=O)CC)C1. The van der Waals surface area contributed by atoms with Crippen molar-refractivity contribution in [3.8, 4) is 0 Å². The Bertz CT molecular complexity index is 506. The van der Waals surface area contributed by atoms with Crippen LogP contribution in [0.15, 0.2) is 10.2 Å². The summed E-state index contributed by atoms with van der Waals surface area (Å²) in [5, 5.41) is 8.90. The van der Waals surface area contributed by atoms with Gasteiger partial charge in [-0.3, -0.25) is 0 Å². The number of rotatable bonds is 6. The molecule has 2 aliphatic heterocycles. The highest BCUT2D eigenvalue weighted by molar-refractivity contribution is 7.89. The lowest BCUT2D eigenvalue weighted by Crippen LogP contribution is -2.48. The molecule has 21 heavy (non-hydrogen) atoms. The van der Waals surface area contributed by atoms with Gasteiger partial charge in [-0.25, -0.2) is 12.7 Å². The zero-order valence-electron chi connectivity index (χ0n) is 12.7. The van der Waals surface area contributed by atoms with E-state index in [1.54, 1.807) is 11.2 Å². The molecule has 120 valence electrons. The minimum absolute atomic E-state index is 0.0843. The fraction of sp³-hybridized carbons (Fsp3) is 0.923. The molecule has 0 amide bonds. The van der Waals surface area contributed by atoms with Gasteiger partial charge in [-0.1, -0.05) is 13.3 Å². The lowest BCUT2D eigenvalue weighted by atomic mass is 9.96. The summed E-state index contributed by atoms with van der Waals surface area (Å²) in [4.78, 5) is 2.06. The second-order valence-electron chi connectivity index (χ2n) is 5.62. The van der Waals surface area contributed by atoms with Gasteiger partial charge in [0.15, 0.2) is 0 Å². The van der Waals surface area contributed by atoms with Crippen LogP contribution in [0, 0.1) is 5.92 Å². The molecular formula is C13H24N4O2S2. The Balaban J connectivity index is 2.06. The van der Waals surface area contributed by atoms with Crippen molar-refractivity contribution in [1.82, 2.24) is 9.21 Å². The standard InChI is InChI=1S/C13H24N4O2S2/c1-3-5-9-17-12(14-15-13(17)20)11-7-6-8-16(10-11)21(18,19)4-2/h11-12H,3-10H2,1-2H3. The van der Waals surface area contributed by atoms with Crippen molar-refractivity contribution in [3.63, 3.8) is 0 Å². The molecule has 8 heteroatoms. The Kier molecular flexibility index (Phi) is 5.67. The molecular weight excluding hydrogens is 308 g/mol. The van der Waals surface area contributed by atoms with E-state index in [1.165, 1.54) is 0 Å². The molecule has 0 aromatic carbocycles. The predicted molar refractivity (Wildman–Crippen MR) is 86.6 cm³/mol. The van der Waals surface area contributed by atoms with Crippen molar-refractivity contribution < 1.29 is 8.42 Å². The van der Waals surface area contributed by atoms with Crippen LogP contribution in [-0.4, -0.2) is 54.3 Å². The highest BCUT2D eigenvalue weighted by Gasteiger charge is 2.38. The average Bonchev–Trinajstić information content (AvgIpc) is 2.86. The molecule has 0 radical (unpaired) electrons. The molecule has 0 N–H and O–H groups in total. The normalized spacial score (nSPS) is 27.5. The van der Waals surface area contributed by atoms with Gasteiger partial charge in [0.2, 0.25) is 15.1 Å². The second-order valence-corrected chi connectivity index (χ2v) is 8.24. The smallest absolute Gasteiger partial charge is 0.217 e. The van der Waals surface area contributed by atoms with Crippen molar-refractivity contribution >= 4 is 27.4 Å². The zero-order valence-corrected chi connectivity index (χ0v) is 14.4. The Hall–Kier alpha value is -0.600. The molecule has 0 bridgehead atoms. The topological polar surface area (TPSA) is 65.3 Å². The molecule has 2 aliphatic rings. The van der Waals surface area contributed by atoms with E-state index in [0.29, 0.717) is 18.2 Å². The van der Waals surface area contributed by atoms with E-state index in [2.05, 4.69) is 22.1 Å². The lowest BCUT2D eigenvalue weighted by molar-refractivity contribution is 0.169. The van der Waals surface area contributed by atoms with E-state index in [1.807, 2.05) is 0 Å². The molecule has 2 atom stereocenters. The summed E-state index contributed by atoms with van der Waals surface area (Å²) in [7, 11) is -3.12. The quantitative estimate of drug-likeness (QED) is 0.700. The predicted octanol–water partition coefficient (Wildman–Crippen LogP) is 2.23. The average molecular weight is 332 g/mol. The highest BCUT2D eigenvalue weighted by Crippen LogP contribution is 2.29. The van der Waals surface area contributed by atoms with Crippen molar-refractivity contribution in [2.24, 2.45) is 16.1 Å². The van der Waals surface area contributed by atoms with Gasteiger partial charge in [-0.15, -0.1) is 5.11 Å². The Labute approximate surface area is 132 Å². The number of unbranched alkanes of at least 4 members (excludes halogenated alkanes) is 1. The van der Waals surface area contributed by atoms with Crippen LogP contribution in [0.1, 0.15) is 39.5 Å². The number of thiocarbonyl (C=S) groups is 1. The van der Waals surface area contributed by atoms with Crippen LogP contribution in [0.3, 0.4) is 0 Å². The van der Waals surface area contributed by atoms with E-state index in [4.69, 9.17) is 12.2 Å². The number of piperidine rings is 1. The Morgan fingerprint density at radius 1 is 1.38 bits per heavy atom. The number of sulfonamides is 1. The largest absolute Gasteiger partial charge is 0.322 e. The third-order valence-corrected chi connectivity index (χ3v) is 6.34. The summed E-state index contributed by atoms with van der Waals surface area (Å²) in [6.07, 6.45) is 3.91. The number of hydrogen-bond donors (Lipinski definition) is 0. The van der Waals surface area contributed by atoms with Gasteiger partial charge < -0.3 is 4.90 Å². The van der Waals surface area contributed by atoms with Crippen LogP contribution in [0.4, 0.5) is 0 Å². The first-order valence-corrected chi connectivity index (χ1v) is 9.70. The molecule has 2 unspecified atom stereocenters. The maximum atomic E-state index is 12.1. The third-order valence-electron chi connectivity index (χ3n) is 4.18. The monoisotopic (exact) mass is 332 g/mol. The number of nitrogens with zero attached hydrogens (tertiary/aromatic N) is 4. The molecule has 6 nitrogen and oxygen atoms in total. The van der Waals surface area contributed by atoms with Gasteiger partial charge in [0.05, 0.1) is 5.75 Å². The fourth-order valence-electron chi connectivity index (χ4n) is 2.90. The Morgan fingerprint density at radius 2 is 2.14 bits per heavy atom. The first-order chi connectivity index (χ1) is 9.99. The minimum Gasteiger partial charge on any atom is -0.322 e. The molecule has 0 saturated carbocycles. The van der Waals surface area contributed by atoms with E-state index in [0.717, 1.165) is 32.2 Å². The molecule has 0 aliphatic carbocycles. The fourth-order valence-corrected chi connectivity index (χ4v) is 4.34. The molecule has 2 rings (SSSR count). The summed E-state index contributed by atoms with van der Waals surface area (Å²) in [5.74, 6) is 0.338. The highest BCUT2D eigenvalue weighted by atomic mass is 32.2. The van der Waals surface area contributed by atoms with Crippen LogP contribution in [0.5, 0.6) is 0 Å². The summed E-state index contributed by atoms with van der Waals surface area (Å²) in [5.41, 5.74) is 0. The molecule has 2 heterocycles. The summed E-state index contributed by atoms with van der Waals surface area (Å²) in [6.45, 7) is 5.83. The van der Waals surface area contributed by atoms with E-state index >= 15 is 0 Å². The van der Waals surface area contributed by atoms with E-state index in [9.17, 15) is 8.42 Å². The summed E-state index contributed by atoms with van der Waals surface area (Å²) < 4.78 is 25.7. The van der Waals surface area contributed by atoms with Crippen molar-refractivity contribution in [1.29, 1.82) is 0 Å². The van der Waals surface area contributed by atoms with Gasteiger partial charge in [-0.05, 0) is 38.4 Å². The number of hydrogen-bond acceptors (Lipinski definition) is 4. The van der Waals surface area contributed by atoms with Crippen LogP contribution in [0.2, 0.25) is 0 Å². The van der Waals surface area contributed by atoms with E-state index < -0.39 is 10.0 Å². The van der Waals surface area contributed by atoms with Gasteiger partial charge >= 0.3 is 0 Å². The molecule has 0 aromatic rings. The second kappa shape index (κ2) is 7.11. The van der Waals surface area contributed by atoms with Crippen molar-refractivity contribution in [2.45, 2.75) is 45.7 Å².